The number of amides is 1. The van der Waals surface area contributed by atoms with Crippen LogP contribution in [0, 0.1) is 5.92 Å². The van der Waals surface area contributed by atoms with E-state index >= 15 is 0 Å². The second-order valence-corrected chi connectivity index (χ2v) is 20.5. The number of unbranched alkanes of at least 4 members (excludes halogenated alkanes) is 29. The molecule has 5 nitrogen and oxygen atoms in total. The molecular weight excluding hydrogens is 757 g/mol. The zero-order valence-electron chi connectivity index (χ0n) is 43.6. The van der Waals surface area contributed by atoms with Gasteiger partial charge in [-0.1, -0.05) is 221 Å². The number of piperidine rings is 1. The fourth-order valence-corrected chi connectivity index (χ4v) is 10.1. The van der Waals surface area contributed by atoms with Crippen LogP contribution in [-0.4, -0.2) is 97.5 Å². The second kappa shape index (κ2) is 46.9. The van der Waals surface area contributed by atoms with Crippen molar-refractivity contribution in [1.29, 1.82) is 0 Å². The van der Waals surface area contributed by atoms with Crippen molar-refractivity contribution in [1.82, 2.24) is 19.6 Å². The lowest BCUT2D eigenvalue weighted by atomic mass is 9.92. The maximum atomic E-state index is 13.7. The van der Waals surface area contributed by atoms with E-state index in [4.69, 9.17) is 0 Å². The molecule has 0 atom stereocenters. The van der Waals surface area contributed by atoms with Crippen LogP contribution in [0.4, 0.5) is 0 Å². The highest BCUT2D eigenvalue weighted by atomic mass is 16.2. The Morgan fingerprint density at radius 3 is 0.919 bits per heavy atom. The molecule has 0 saturated carbocycles. The minimum absolute atomic E-state index is 0.427. The lowest BCUT2D eigenvalue weighted by Gasteiger charge is -2.33. The zero-order valence-corrected chi connectivity index (χ0v) is 43.6. The Morgan fingerprint density at radius 1 is 0.339 bits per heavy atom. The monoisotopic (exact) mass is 873 g/mol. The van der Waals surface area contributed by atoms with Gasteiger partial charge in [0.2, 0.25) is 5.91 Å². The van der Waals surface area contributed by atoms with Crippen molar-refractivity contribution in [2.24, 2.45) is 5.92 Å². The highest BCUT2D eigenvalue weighted by molar-refractivity contribution is 5.76. The highest BCUT2D eigenvalue weighted by Crippen LogP contribution is 2.23. The van der Waals surface area contributed by atoms with Crippen LogP contribution in [0.25, 0.3) is 0 Å². The highest BCUT2D eigenvalue weighted by Gasteiger charge is 2.23. The van der Waals surface area contributed by atoms with Crippen molar-refractivity contribution in [2.75, 3.05) is 72.0 Å². The van der Waals surface area contributed by atoms with E-state index in [1.165, 1.54) is 290 Å². The van der Waals surface area contributed by atoms with Crippen molar-refractivity contribution in [3.63, 3.8) is 0 Å². The summed E-state index contributed by atoms with van der Waals surface area (Å²) in [5.74, 6) is 1.23. The first-order valence-corrected chi connectivity index (χ1v) is 29.0. The smallest absolute Gasteiger partial charge is 0.223 e. The lowest BCUT2D eigenvalue weighted by molar-refractivity contribution is -0.133. The Labute approximate surface area is 391 Å². The molecule has 0 aliphatic carbocycles. The largest absolute Gasteiger partial charge is 0.343 e. The summed E-state index contributed by atoms with van der Waals surface area (Å²) in [4.78, 5) is 24.3. The fraction of sp³-hybridized carbons (Fsp3) is 0.982. The standard InChI is InChI=1S/C57H116N4O/c1-6-11-16-21-26-31-36-46-58(45-35-30-25-20-15-10-5)50-40-41-56-42-52-61(53-43-56)57(62)44-51-60(49-39-34-29-24-19-14-9-4)55-54-59(47-37-32-27-22-17-12-7-2)48-38-33-28-23-18-13-8-3/h56H,6-55H2,1-5H3. The van der Waals surface area contributed by atoms with Gasteiger partial charge in [-0.15, -0.1) is 0 Å². The van der Waals surface area contributed by atoms with E-state index in [1.54, 1.807) is 0 Å². The Balaban J connectivity index is 2.62. The summed E-state index contributed by atoms with van der Waals surface area (Å²) < 4.78 is 0. The molecule has 1 aliphatic heterocycles. The van der Waals surface area contributed by atoms with E-state index in [-0.39, 0.29) is 0 Å². The van der Waals surface area contributed by atoms with Gasteiger partial charge in [-0.05, 0) is 103 Å². The number of hydrogen-bond donors (Lipinski definition) is 0. The third-order valence-electron chi connectivity index (χ3n) is 14.6. The van der Waals surface area contributed by atoms with Crippen molar-refractivity contribution in [2.45, 2.75) is 285 Å². The Kier molecular flexibility index (Phi) is 44.9. The van der Waals surface area contributed by atoms with Gasteiger partial charge in [0.1, 0.15) is 0 Å². The molecule has 62 heavy (non-hydrogen) atoms. The average molecular weight is 874 g/mol. The first-order valence-electron chi connectivity index (χ1n) is 29.0. The summed E-state index contributed by atoms with van der Waals surface area (Å²) in [5, 5.41) is 0. The van der Waals surface area contributed by atoms with Crippen molar-refractivity contribution in [3.8, 4) is 0 Å². The first kappa shape index (κ1) is 59.4. The van der Waals surface area contributed by atoms with Crippen LogP contribution in [-0.2, 0) is 4.79 Å². The van der Waals surface area contributed by atoms with Crippen LogP contribution in [0.5, 0.6) is 0 Å². The number of nitrogens with zero attached hydrogens (tertiary/aromatic N) is 4. The van der Waals surface area contributed by atoms with Crippen LogP contribution >= 0.6 is 0 Å². The minimum atomic E-state index is 0.427. The molecule has 0 aromatic carbocycles. The molecule has 1 fully saturated rings. The molecule has 0 radical (unpaired) electrons. The normalized spacial score (nSPS) is 13.8. The molecule has 1 saturated heterocycles. The number of likely N-dealkylation sites (tertiary alicyclic amines) is 1. The Hall–Kier alpha value is -0.650. The number of carbonyl (C=O) groups excluding carboxylic acids is 1. The van der Waals surface area contributed by atoms with Crippen LogP contribution in [0.3, 0.4) is 0 Å². The predicted octanol–water partition coefficient (Wildman–Crippen LogP) is 16.7. The quantitative estimate of drug-likeness (QED) is 0.0570. The van der Waals surface area contributed by atoms with Gasteiger partial charge in [0.05, 0.1) is 0 Å². The fourth-order valence-electron chi connectivity index (χ4n) is 10.1. The lowest BCUT2D eigenvalue weighted by Crippen LogP contribution is -2.41. The minimum Gasteiger partial charge on any atom is -0.343 e. The molecule has 1 rings (SSSR count). The van der Waals surface area contributed by atoms with E-state index in [2.05, 4.69) is 54.2 Å². The van der Waals surface area contributed by atoms with Crippen LogP contribution < -0.4 is 0 Å². The molecule has 1 aliphatic rings. The molecule has 0 unspecified atom stereocenters. The molecule has 0 aromatic heterocycles. The molecular formula is C57H116N4O. The summed E-state index contributed by atoms with van der Waals surface area (Å²) in [6.45, 7) is 24.4. The maximum absolute atomic E-state index is 13.7. The maximum Gasteiger partial charge on any atom is 0.223 e. The average Bonchev–Trinajstić information content (AvgIpc) is 3.29. The summed E-state index contributed by atoms with van der Waals surface area (Å²) in [5.41, 5.74) is 0. The molecule has 0 N–H and O–H groups in total. The van der Waals surface area contributed by atoms with Crippen LogP contribution in [0.15, 0.2) is 0 Å². The van der Waals surface area contributed by atoms with Crippen molar-refractivity contribution in [3.05, 3.63) is 0 Å². The van der Waals surface area contributed by atoms with Gasteiger partial charge in [-0.2, -0.15) is 0 Å². The molecule has 1 heterocycles. The third-order valence-corrected chi connectivity index (χ3v) is 14.6. The molecule has 370 valence electrons. The van der Waals surface area contributed by atoms with E-state index in [0.717, 1.165) is 32.1 Å². The van der Waals surface area contributed by atoms with E-state index in [1.807, 2.05) is 0 Å². The van der Waals surface area contributed by atoms with E-state index in [0.29, 0.717) is 12.3 Å². The molecule has 5 heteroatoms. The first-order chi connectivity index (χ1) is 30.6. The molecule has 0 aromatic rings. The molecule has 0 bridgehead atoms. The van der Waals surface area contributed by atoms with Crippen LogP contribution in [0.2, 0.25) is 0 Å². The summed E-state index contributed by atoms with van der Waals surface area (Å²) >= 11 is 0. The third kappa shape index (κ3) is 37.6. The number of hydrogen-bond acceptors (Lipinski definition) is 4. The van der Waals surface area contributed by atoms with Gasteiger partial charge in [0, 0.05) is 39.1 Å². The molecule has 0 spiro atoms. The summed E-state index contributed by atoms with van der Waals surface area (Å²) in [6.07, 6.45) is 53.0. The number of carbonyl (C=O) groups is 1. The van der Waals surface area contributed by atoms with Gasteiger partial charge < -0.3 is 19.6 Å². The van der Waals surface area contributed by atoms with Gasteiger partial charge in [0.15, 0.2) is 0 Å². The second-order valence-electron chi connectivity index (χ2n) is 20.5. The van der Waals surface area contributed by atoms with Crippen LogP contribution in [0.1, 0.15) is 285 Å². The van der Waals surface area contributed by atoms with Crippen molar-refractivity contribution < 1.29 is 4.79 Å². The van der Waals surface area contributed by atoms with Gasteiger partial charge >= 0.3 is 0 Å². The van der Waals surface area contributed by atoms with Gasteiger partial charge in [-0.25, -0.2) is 0 Å². The Bertz CT molecular complexity index is 872. The topological polar surface area (TPSA) is 30.0 Å². The van der Waals surface area contributed by atoms with E-state index < -0.39 is 0 Å². The summed E-state index contributed by atoms with van der Waals surface area (Å²) in [7, 11) is 0. The summed E-state index contributed by atoms with van der Waals surface area (Å²) in [6, 6.07) is 0. The zero-order chi connectivity index (χ0) is 44.8. The molecule has 1 amide bonds. The van der Waals surface area contributed by atoms with E-state index in [9.17, 15) is 4.79 Å². The Morgan fingerprint density at radius 2 is 0.597 bits per heavy atom. The van der Waals surface area contributed by atoms with Gasteiger partial charge in [0.25, 0.3) is 0 Å². The van der Waals surface area contributed by atoms with Crippen molar-refractivity contribution >= 4 is 5.91 Å². The predicted molar refractivity (Wildman–Crippen MR) is 278 cm³/mol. The van der Waals surface area contributed by atoms with Gasteiger partial charge in [-0.3, -0.25) is 4.79 Å². The number of rotatable bonds is 49. The SMILES string of the molecule is CCCCCCCCCN(CCCCCCCC)CCCC1CCN(C(=O)CCN(CCCCCCCCC)CCN(CCCCCCCCC)CCCCCCCCC)CC1.